The molecule has 0 spiro atoms. The van der Waals surface area contributed by atoms with Crippen LogP contribution < -0.4 is 16.0 Å². The van der Waals surface area contributed by atoms with Crippen LogP contribution in [0.25, 0.3) is 0 Å². The maximum absolute atomic E-state index is 14.2. The van der Waals surface area contributed by atoms with Crippen molar-refractivity contribution in [2.75, 3.05) is 32.6 Å². The lowest BCUT2D eigenvalue weighted by Gasteiger charge is -2.48. The summed E-state index contributed by atoms with van der Waals surface area (Å²) < 4.78 is 31.7. The van der Waals surface area contributed by atoms with E-state index in [1.807, 2.05) is 32.0 Å². The molecule has 1 aromatic carbocycles. The van der Waals surface area contributed by atoms with Crippen LogP contribution in [0.2, 0.25) is 0 Å². The Labute approximate surface area is 356 Å². The van der Waals surface area contributed by atoms with Gasteiger partial charge in [0.05, 0.1) is 54.8 Å². The first-order chi connectivity index (χ1) is 28.1. The van der Waals surface area contributed by atoms with Crippen molar-refractivity contribution >= 4 is 29.4 Å². The molecule has 2 heterocycles. The molecule has 1 unspecified atom stereocenters. The monoisotopic (exact) mass is 849 g/mol. The number of carbonyl (C=O) groups excluding carboxylic acids is 4. The number of aliphatic hydroxyl groups is 3. The van der Waals surface area contributed by atoms with Crippen molar-refractivity contribution in [1.82, 2.24) is 15.5 Å². The fourth-order valence-corrected chi connectivity index (χ4v) is 8.30. The third-order valence-corrected chi connectivity index (χ3v) is 11.9. The number of hydrogen-bond acceptors (Lipinski definition) is 14. The van der Waals surface area contributed by atoms with Gasteiger partial charge in [-0.1, -0.05) is 45.0 Å². The average molecular weight is 849 g/mol. The predicted octanol–water partition coefficient (Wildman–Crippen LogP) is 2.93. The van der Waals surface area contributed by atoms with Crippen LogP contribution in [0.5, 0.6) is 0 Å². The molecule has 2 aliphatic heterocycles. The first-order valence-electron chi connectivity index (χ1n) is 21.2. The lowest BCUT2D eigenvalue weighted by atomic mass is 9.78. The zero-order valence-electron chi connectivity index (χ0n) is 37.4. The Hall–Kier alpha value is -3.48. The summed E-state index contributed by atoms with van der Waals surface area (Å²) >= 11 is 0. The number of likely N-dealkylation sites (N-methyl/N-ethyl adjacent to an activating group) is 1. The molecule has 0 aliphatic carbocycles. The maximum atomic E-state index is 14.2. The molecule has 16 heteroatoms. The molecular formula is C44H72N4O12. The topological polar surface area (TPSA) is 214 Å². The van der Waals surface area contributed by atoms with E-state index in [-0.39, 0.29) is 50.5 Å². The fraction of sp³-hybridized carbons (Fsp3) is 0.727. The first kappa shape index (κ1) is 50.9. The number of cyclic esters (lactones) is 1. The van der Waals surface area contributed by atoms with Gasteiger partial charge in [0.15, 0.2) is 6.29 Å². The zero-order chi connectivity index (χ0) is 45.1. The maximum Gasteiger partial charge on any atom is 0.312 e. The Bertz CT molecular complexity index is 1560. The molecule has 60 heavy (non-hydrogen) atoms. The molecule has 6 N–H and O–H groups in total. The minimum absolute atomic E-state index is 0.0362. The summed E-state index contributed by atoms with van der Waals surface area (Å²) in [6.07, 6.45) is -5.80. The highest BCUT2D eigenvalue weighted by atomic mass is 16.7. The lowest BCUT2D eigenvalue weighted by molar-refractivity contribution is -0.302. The number of benzene rings is 1. The fourth-order valence-electron chi connectivity index (χ4n) is 8.30. The van der Waals surface area contributed by atoms with Crippen LogP contribution in [0.3, 0.4) is 0 Å². The Kier molecular flexibility index (Phi) is 19.1. The summed E-state index contributed by atoms with van der Waals surface area (Å²) in [5.41, 5.74) is -2.77. The summed E-state index contributed by atoms with van der Waals surface area (Å²) in [6.45, 7) is 18.7. The van der Waals surface area contributed by atoms with Crippen molar-refractivity contribution in [2.24, 2.45) is 17.8 Å². The molecule has 2 amide bonds. The van der Waals surface area contributed by atoms with Crippen LogP contribution in [-0.2, 0) is 42.9 Å². The second kappa shape index (κ2) is 22.6. The molecule has 0 bridgehead atoms. The van der Waals surface area contributed by atoms with E-state index in [0.29, 0.717) is 12.1 Å². The molecule has 2 fully saturated rings. The minimum Gasteiger partial charge on any atom is -0.461 e. The number of carbonyl (C=O) groups is 4. The Balaban J connectivity index is 2.09. The number of amides is 2. The summed E-state index contributed by atoms with van der Waals surface area (Å²) in [5.74, 6) is -5.60. The third-order valence-electron chi connectivity index (χ3n) is 11.9. The zero-order valence-corrected chi connectivity index (χ0v) is 37.4. The van der Waals surface area contributed by atoms with Crippen LogP contribution in [-0.4, -0.2) is 143 Å². The smallest absolute Gasteiger partial charge is 0.312 e. The van der Waals surface area contributed by atoms with Crippen molar-refractivity contribution in [3.05, 3.63) is 43.0 Å². The van der Waals surface area contributed by atoms with Crippen LogP contribution in [0.1, 0.15) is 88.0 Å². The Morgan fingerprint density at radius 1 is 1.08 bits per heavy atom. The van der Waals surface area contributed by atoms with Gasteiger partial charge in [0.2, 0.25) is 11.8 Å². The van der Waals surface area contributed by atoms with Crippen molar-refractivity contribution in [3.8, 4) is 0 Å². The van der Waals surface area contributed by atoms with Crippen LogP contribution >= 0.6 is 0 Å². The highest BCUT2D eigenvalue weighted by Crippen LogP contribution is 2.38. The normalized spacial score (nSPS) is 36.5. The summed E-state index contributed by atoms with van der Waals surface area (Å²) in [4.78, 5) is 56.4. The third kappa shape index (κ3) is 13.3. The molecule has 0 aromatic heterocycles. The predicted molar refractivity (Wildman–Crippen MR) is 225 cm³/mol. The Morgan fingerprint density at radius 2 is 1.73 bits per heavy atom. The number of aliphatic hydroxyl groups excluding tert-OH is 2. The minimum atomic E-state index is -2.06. The molecule has 15 atom stereocenters. The largest absolute Gasteiger partial charge is 0.461 e. The van der Waals surface area contributed by atoms with E-state index >= 15 is 0 Å². The number of nitrogens with one attached hydrogen (secondary N) is 3. The van der Waals surface area contributed by atoms with Gasteiger partial charge in [-0.3, -0.25) is 19.2 Å². The number of rotatable bonds is 14. The van der Waals surface area contributed by atoms with Gasteiger partial charge >= 0.3 is 11.9 Å². The van der Waals surface area contributed by atoms with Gasteiger partial charge in [-0.2, -0.15) is 0 Å². The van der Waals surface area contributed by atoms with E-state index in [1.54, 1.807) is 65.0 Å². The van der Waals surface area contributed by atoms with Gasteiger partial charge in [-0.15, -0.1) is 6.58 Å². The van der Waals surface area contributed by atoms with Crippen molar-refractivity contribution in [1.29, 1.82) is 0 Å². The van der Waals surface area contributed by atoms with E-state index < -0.39 is 95.7 Å². The molecule has 2 saturated heterocycles. The van der Waals surface area contributed by atoms with E-state index in [2.05, 4.69) is 22.5 Å². The first-order valence-corrected chi connectivity index (χ1v) is 21.2. The molecule has 1 aromatic rings. The van der Waals surface area contributed by atoms with Gasteiger partial charge in [0, 0.05) is 30.2 Å². The molecule has 2 aliphatic rings. The molecule has 16 nitrogen and oxygen atoms in total. The van der Waals surface area contributed by atoms with Gasteiger partial charge in [0.1, 0.15) is 23.9 Å². The highest BCUT2D eigenvalue weighted by Gasteiger charge is 2.52. The lowest BCUT2D eigenvalue weighted by Crippen LogP contribution is -2.60. The number of esters is 2. The van der Waals surface area contributed by atoms with E-state index in [4.69, 9.17) is 23.7 Å². The molecular weight excluding hydrogens is 776 g/mol. The van der Waals surface area contributed by atoms with E-state index in [1.165, 1.54) is 20.8 Å². The highest BCUT2D eigenvalue weighted by molar-refractivity contribution is 5.94. The van der Waals surface area contributed by atoms with Crippen LogP contribution in [0.4, 0.5) is 5.69 Å². The number of ether oxygens (including phenoxy) is 5. The summed E-state index contributed by atoms with van der Waals surface area (Å²) in [5, 5.41) is 43.5. The average Bonchev–Trinajstić information content (AvgIpc) is 3.19. The van der Waals surface area contributed by atoms with Crippen LogP contribution in [0.15, 0.2) is 43.0 Å². The molecule has 0 saturated carbocycles. The van der Waals surface area contributed by atoms with E-state index in [0.717, 1.165) is 0 Å². The SMILES string of the molecule is C=CCO[C@]1(C)C[C@@H](C)NC(=O)[C@H](C)[C@@H](O)[C@](C)(O)[C@@H](CC)OC(=O)[C@H](C)[C@@H](OC(=O)CCNC(C)C(=O)Nc2ccccc2)[C@H](C)[C@H]1O[C@@H]1O[C@H](C)C[C@H](N(C)C)[C@H]1O. The molecule has 3 rings (SSSR count). The number of nitrogens with zero attached hydrogens (tertiary/aromatic N) is 1. The van der Waals surface area contributed by atoms with Crippen molar-refractivity contribution in [3.63, 3.8) is 0 Å². The van der Waals surface area contributed by atoms with Crippen molar-refractivity contribution in [2.45, 2.75) is 160 Å². The summed E-state index contributed by atoms with van der Waals surface area (Å²) in [6, 6.07) is 7.34. The number of anilines is 1. The number of hydrogen-bond donors (Lipinski definition) is 6. The van der Waals surface area contributed by atoms with Gasteiger partial charge in [-0.25, -0.2) is 0 Å². The molecule has 340 valence electrons. The van der Waals surface area contributed by atoms with Gasteiger partial charge in [0.25, 0.3) is 0 Å². The second-order valence-corrected chi connectivity index (χ2v) is 17.3. The van der Waals surface area contributed by atoms with Gasteiger partial charge in [-0.05, 0) is 87.0 Å². The van der Waals surface area contributed by atoms with E-state index in [9.17, 15) is 34.5 Å². The second-order valence-electron chi connectivity index (χ2n) is 17.3. The van der Waals surface area contributed by atoms with Gasteiger partial charge < -0.3 is 59.9 Å². The quantitative estimate of drug-likeness (QED) is 0.117. The summed E-state index contributed by atoms with van der Waals surface area (Å²) in [7, 11) is 3.70. The van der Waals surface area contributed by atoms with Crippen molar-refractivity contribution < 1.29 is 58.2 Å². The molecule has 0 radical (unpaired) electrons. The Morgan fingerprint density at radius 3 is 2.33 bits per heavy atom. The van der Waals surface area contributed by atoms with Crippen LogP contribution in [0, 0.1) is 17.8 Å². The number of para-hydroxylation sites is 1. The standard InChI is InChI=1S/C44H72N4O12/c1-13-22-56-43(9)24-25(3)46-39(52)29(7)37(51)44(10,55)33(14-2)58-41(54)28(6)36(27(5)38(43)60-42-35(50)32(48(11)12)23-26(4)57-42)59-34(49)20-21-45-30(8)40(53)47-31-18-16-15-17-19-31/h13,15-19,25-30,32-33,35-38,42,45,50-51,55H,1,14,20-24H2,2-12H3,(H,46,52)(H,47,53)/t25-,26-,27+,28-,29-,30?,32+,33-,35-,36+,37-,38-,42+,43-,44-/m1/s1.